The summed E-state index contributed by atoms with van der Waals surface area (Å²) in [4.78, 5) is 30.5. The van der Waals surface area contributed by atoms with Crippen LogP contribution in [0.5, 0.6) is 0 Å². The minimum absolute atomic E-state index is 0.0921. The Labute approximate surface area is 189 Å². The molecular weight excluding hydrogens is 441 g/mol. The maximum Gasteiger partial charge on any atom is 0.262 e. The second-order valence-electron chi connectivity index (χ2n) is 7.40. The van der Waals surface area contributed by atoms with Gasteiger partial charge in [-0.05, 0) is 43.5 Å². The topological polar surface area (TPSA) is 64.0 Å². The average molecular weight is 464 g/mol. The smallest absolute Gasteiger partial charge is 0.262 e. The van der Waals surface area contributed by atoms with Gasteiger partial charge in [-0.3, -0.25) is 14.2 Å². The number of amides is 1. The summed E-state index contributed by atoms with van der Waals surface area (Å²) in [5.74, 6) is 0.164. The normalized spacial score (nSPS) is 12.3. The third-order valence-corrected chi connectivity index (χ3v) is 6.34. The highest BCUT2D eigenvalue weighted by Crippen LogP contribution is 2.31. The zero-order valence-corrected chi connectivity index (χ0v) is 19.3. The van der Waals surface area contributed by atoms with E-state index >= 15 is 0 Å². The molecule has 0 spiro atoms. The van der Waals surface area contributed by atoms with E-state index in [-0.39, 0.29) is 11.5 Å². The number of anilines is 1. The number of aromatic nitrogens is 2. The molecule has 158 valence electrons. The molecule has 0 radical (unpaired) electrons. The van der Waals surface area contributed by atoms with Crippen LogP contribution >= 0.6 is 35.0 Å². The zero-order valence-electron chi connectivity index (χ0n) is 17.0. The molecule has 3 rings (SSSR count). The van der Waals surface area contributed by atoms with E-state index in [1.807, 2.05) is 18.2 Å². The van der Waals surface area contributed by atoms with Crippen LogP contribution in [0.1, 0.15) is 27.2 Å². The SMILES string of the molecule is CC(C)CCn1c(SC(C)C(=O)Nc2c(Cl)cccc2Cl)nc2ccccc2c1=O. The number of nitrogens with one attached hydrogen (secondary N) is 1. The maximum absolute atomic E-state index is 13.1. The monoisotopic (exact) mass is 463 g/mol. The van der Waals surface area contributed by atoms with Crippen molar-refractivity contribution in [3.8, 4) is 0 Å². The molecule has 1 aromatic heterocycles. The van der Waals surface area contributed by atoms with Crippen molar-refractivity contribution >= 4 is 57.5 Å². The molecule has 0 saturated heterocycles. The highest BCUT2D eigenvalue weighted by Gasteiger charge is 2.21. The van der Waals surface area contributed by atoms with Gasteiger partial charge in [0.1, 0.15) is 0 Å². The van der Waals surface area contributed by atoms with Gasteiger partial charge >= 0.3 is 0 Å². The van der Waals surface area contributed by atoms with E-state index in [1.165, 1.54) is 11.8 Å². The molecule has 0 aliphatic carbocycles. The maximum atomic E-state index is 13.1. The molecule has 0 saturated carbocycles. The molecule has 8 heteroatoms. The quantitative estimate of drug-likeness (QED) is 0.351. The van der Waals surface area contributed by atoms with Crippen LogP contribution < -0.4 is 10.9 Å². The molecule has 0 aliphatic heterocycles. The van der Waals surface area contributed by atoms with Crippen molar-refractivity contribution in [2.75, 3.05) is 5.32 Å². The van der Waals surface area contributed by atoms with Gasteiger partial charge in [0, 0.05) is 6.54 Å². The van der Waals surface area contributed by atoms with Crippen molar-refractivity contribution in [1.29, 1.82) is 0 Å². The van der Waals surface area contributed by atoms with Crippen LogP contribution in [0, 0.1) is 5.92 Å². The number of para-hydroxylation sites is 2. The van der Waals surface area contributed by atoms with Gasteiger partial charge in [0.2, 0.25) is 5.91 Å². The lowest BCUT2D eigenvalue weighted by Crippen LogP contribution is -2.27. The van der Waals surface area contributed by atoms with E-state index in [0.717, 1.165) is 6.42 Å². The van der Waals surface area contributed by atoms with Crippen molar-refractivity contribution in [3.05, 3.63) is 62.9 Å². The minimum atomic E-state index is -0.518. The minimum Gasteiger partial charge on any atom is -0.323 e. The lowest BCUT2D eigenvalue weighted by molar-refractivity contribution is -0.115. The molecule has 5 nitrogen and oxygen atoms in total. The number of carbonyl (C=O) groups excluding carboxylic acids is 1. The lowest BCUT2D eigenvalue weighted by Gasteiger charge is -2.17. The number of halogens is 2. The number of fused-ring (bicyclic) bond motifs is 1. The molecular formula is C22H23Cl2N3O2S. The van der Waals surface area contributed by atoms with Crippen LogP contribution in [-0.4, -0.2) is 20.7 Å². The Morgan fingerprint density at radius 1 is 1.10 bits per heavy atom. The van der Waals surface area contributed by atoms with Gasteiger partial charge < -0.3 is 5.32 Å². The predicted molar refractivity (Wildman–Crippen MR) is 126 cm³/mol. The summed E-state index contributed by atoms with van der Waals surface area (Å²) >= 11 is 13.6. The van der Waals surface area contributed by atoms with E-state index in [2.05, 4.69) is 24.1 Å². The summed E-state index contributed by atoms with van der Waals surface area (Å²) in [5, 5.41) is 4.09. The molecule has 30 heavy (non-hydrogen) atoms. The highest BCUT2D eigenvalue weighted by atomic mass is 35.5. The van der Waals surface area contributed by atoms with Crippen molar-refractivity contribution in [2.24, 2.45) is 5.92 Å². The van der Waals surface area contributed by atoms with Crippen molar-refractivity contribution in [1.82, 2.24) is 9.55 Å². The Hall–Kier alpha value is -2.02. The molecule has 3 aromatic rings. The fourth-order valence-corrected chi connectivity index (χ4v) is 4.30. The van der Waals surface area contributed by atoms with Crippen LogP contribution in [0.3, 0.4) is 0 Å². The van der Waals surface area contributed by atoms with Crippen LogP contribution in [0.4, 0.5) is 5.69 Å². The van der Waals surface area contributed by atoms with E-state index in [0.29, 0.717) is 44.3 Å². The van der Waals surface area contributed by atoms with Crippen molar-refractivity contribution in [2.45, 2.75) is 44.1 Å². The summed E-state index contributed by atoms with van der Waals surface area (Å²) in [6, 6.07) is 12.3. The number of rotatable bonds is 7. The second-order valence-corrected chi connectivity index (χ2v) is 9.52. The molecule has 2 aromatic carbocycles. The molecule has 1 amide bonds. The third kappa shape index (κ3) is 5.17. The Morgan fingerprint density at radius 3 is 2.43 bits per heavy atom. The number of nitrogens with zero attached hydrogens (tertiary/aromatic N) is 2. The molecule has 0 bridgehead atoms. The van der Waals surface area contributed by atoms with Gasteiger partial charge in [0.15, 0.2) is 5.16 Å². The van der Waals surface area contributed by atoms with Gasteiger partial charge in [0.05, 0.1) is 31.9 Å². The van der Waals surface area contributed by atoms with Crippen LogP contribution in [0.15, 0.2) is 52.4 Å². The summed E-state index contributed by atoms with van der Waals surface area (Å²) in [6.45, 7) is 6.52. The Bertz CT molecular complexity index is 1110. The third-order valence-electron chi connectivity index (χ3n) is 4.62. The van der Waals surface area contributed by atoms with Crippen LogP contribution in [0.2, 0.25) is 10.0 Å². The summed E-state index contributed by atoms with van der Waals surface area (Å²) < 4.78 is 1.67. The van der Waals surface area contributed by atoms with Crippen molar-refractivity contribution in [3.63, 3.8) is 0 Å². The van der Waals surface area contributed by atoms with Gasteiger partial charge in [-0.2, -0.15) is 0 Å². The highest BCUT2D eigenvalue weighted by molar-refractivity contribution is 8.00. The number of carbonyl (C=O) groups is 1. The van der Waals surface area contributed by atoms with E-state index in [4.69, 9.17) is 23.2 Å². The zero-order chi connectivity index (χ0) is 21.8. The van der Waals surface area contributed by atoms with Gasteiger partial charge in [-0.25, -0.2) is 4.98 Å². The molecule has 0 fully saturated rings. The Kier molecular flexibility index (Phi) is 7.45. The molecule has 1 unspecified atom stereocenters. The summed E-state index contributed by atoms with van der Waals surface area (Å²) in [5.41, 5.74) is 0.903. The van der Waals surface area contributed by atoms with Gasteiger partial charge in [-0.15, -0.1) is 0 Å². The van der Waals surface area contributed by atoms with Crippen LogP contribution in [-0.2, 0) is 11.3 Å². The number of hydrogen-bond acceptors (Lipinski definition) is 4. The number of hydrogen-bond donors (Lipinski definition) is 1. The largest absolute Gasteiger partial charge is 0.323 e. The van der Waals surface area contributed by atoms with E-state index < -0.39 is 5.25 Å². The molecule has 1 heterocycles. The molecule has 1 N–H and O–H groups in total. The fraction of sp³-hybridized carbons (Fsp3) is 0.318. The molecule has 0 aliphatic rings. The van der Waals surface area contributed by atoms with Crippen molar-refractivity contribution < 1.29 is 4.79 Å². The summed E-state index contributed by atoms with van der Waals surface area (Å²) in [7, 11) is 0. The van der Waals surface area contributed by atoms with E-state index in [1.54, 1.807) is 35.8 Å². The first-order valence-corrected chi connectivity index (χ1v) is 11.3. The summed E-state index contributed by atoms with van der Waals surface area (Å²) in [6.07, 6.45) is 0.837. The van der Waals surface area contributed by atoms with Gasteiger partial charge in [0.25, 0.3) is 5.56 Å². The Balaban J connectivity index is 1.90. The fourth-order valence-electron chi connectivity index (χ4n) is 2.88. The first-order chi connectivity index (χ1) is 14.3. The molecule has 1 atom stereocenters. The predicted octanol–water partition coefficient (Wildman–Crippen LogP) is 5.87. The standard InChI is InChI=1S/C22H23Cl2N3O2S/c1-13(2)11-12-27-21(29)15-7-4-5-10-18(15)25-22(27)30-14(3)20(28)26-19-16(23)8-6-9-17(19)24/h4-10,13-14H,11-12H2,1-3H3,(H,26,28). The first kappa shape index (κ1) is 22.7. The van der Waals surface area contributed by atoms with E-state index in [9.17, 15) is 9.59 Å². The second kappa shape index (κ2) is 9.86. The van der Waals surface area contributed by atoms with Gasteiger partial charge in [-0.1, -0.05) is 67.0 Å². The van der Waals surface area contributed by atoms with Crippen LogP contribution in [0.25, 0.3) is 10.9 Å². The first-order valence-electron chi connectivity index (χ1n) is 9.69. The number of thioether (sulfide) groups is 1. The lowest BCUT2D eigenvalue weighted by atomic mass is 10.1. The average Bonchev–Trinajstić information content (AvgIpc) is 2.70. The Morgan fingerprint density at radius 2 is 1.77 bits per heavy atom. The number of benzene rings is 2.